The molecule has 0 bridgehead atoms. The van der Waals surface area contributed by atoms with Crippen LogP contribution in [-0.4, -0.2) is 41.1 Å². The molecule has 4 N–H and O–H groups in total. The van der Waals surface area contributed by atoms with Crippen molar-refractivity contribution in [3.05, 3.63) is 18.3 Å². The molecule has 0 aliphatic carbocycles. The molecule has 110 valence electrons. The van der Waals surface area contributed by atoms with Crippen LogP contribution in [0.2, 0.25) is 0 Å². The molecule has 0 aliphatic heterocycles. The van der Waals surface area contributed by atoms with Gasteiger partial charge in [0.05, 0.1) is 24.3 Å². The molecule has 1 atom stereocenters. The number of carboxylic acids is 1. The summed E-state index contributed by atoms with van der Waals surface area (Å²) in [6.07, 6.45) is 1.12. The van der Waals surface area contributed by atoms with Crippen LogP contribution in [0.1, 0.15) is 20.3 Å². The van der Waals surface area contributed by atoms with E-state index in [1.807, 2.05) is 13.8 Å². The first kappa shape index (κ1) is 15.9. The first-order valence-corrected chi connectivity index (χ1v) is 6.47. The van der Waals surface area contributed by atoms with Crippen molar-refractivity contribution in [1.82, 2.24) is 4.98 Å². The van der Waals surface area contributed by atoms with Gasteiger partial charge < -0.3 is 21.1 Å². The number of nitrogens with two attached hydrogens (primary N) is 1. The third-order valence-electron chi connectivity index (χ3n) is 2.83. The Morgan fingerprint density at radius 1 is 1.40 bits per heavy atom. The van der Waals surface area contributed by atoms with E-state index in [4.69, 9.17) is 10.8 Å². The highest BCUT2D eigenvalue weighted by Crippen LogP contribution is 2.14. The molecular formula is C13H20N4O3. The third kappa shape index (κ3) is 4.51. The molecule has 1 rings (SSSR count). The van der Waals surface area contributed by atoms with Gasteiger partial charge in [-0.15, -0.1) is 0 Å². The summed E-state index contributed by atoms with van der Waals surface area (Å²) in [6, 6.07) is 2.44. The fraction of sp³-hybridized carbons (Fsp3) is 0.462. The van der Waals surface area contributed by atoms with E-state index in [-0.39, 0.29) is 0 Å². The number of carbonyl (C=O) groups is 2. The highest BCUT2D eigenvalue weighted by atomic mass is 16.4. The van der Waals surface area contributed by atoms with Crippen LogP contribution < -0.4 is 16.0 Å². The minimum atomic E-state index is -1.11. The van der Waals surface area contributed by atoms with Gasteiger partial charge in [-0.25, -0.2) is 4.98 Å². The van der Waals surface area contributed by atoms with Gasteiger partial charge in [0.25, 0.3) is 0 Å². The number of nitrogens with zero attached hydrogens (tertiary/aromatic N) is 2. The summed E-state index contributed by atoms with van der Waals surface area (Å²) in [4.78, 5) is 28.4. The third-order valence-corrected chi connectivity index (χ3v) is 2.83. The number of aliphatic carboxylic acids is 1. The van der Waals surface area contributed by atoms with E-state index in [9.17, 15) is 9.59 Å². The van der Waals surface area contributed by atoms with Gasteiger partial charge in [0.15, 0.2) is 0 Å². The zero-order chi connectivity index (χ0) is 15.1. The van der Waals surface area contributed by atoms with Crippen LogP contribution in [0, 0.1) is 0 Å². The Balaban J connectivity index is 2.65. The fourth-order valence-corrected chi connectivity index (χ4v) is 1.71. The van der Waals surface area contributed by atoms with Crippen LogP contribution in [0.3, 0.4) is 0 Å². The summed E-state index contributed by atoms with van der Waals surface area (Å²) in [6.45, 7) is 5.76. The Labute approximate surface area is 117 Å². The molecule has 1 aromatic heterocycles. The predicted molar refractivity (Wildman–Crippen MR) is 76.7 cm³/mol. The Morgan fingerprint density at radius 3 is 2.50 bits per heavy atom. The van der Waals surface area contributed by atoms with Crippen LogP contribution in [0.15, 0.2) is 18.3 Å². The molecule has 0 spiro atoms. The van der Waals surface area contributed by atoms with Crippen molar-refractivity contribution in [2.45, 2.75) is 26.3 Å². The van der Waals surface area contributed by atoms with E-state index < -0.39 is 24.3 Å². The lowest BCUT2D eigenvalue weighted by molar-refractivity contribution is -0.138. The van der Waals surface area contributed by atoms with Gasteiger partial charge in [-0.1, -0.05) is 0 Å². The Bertz CT molecular complexity index is 457. The van der Waals surface area contributed by atoms with Crippen LogP contribution >= 0.6 is 0 Å². The van der Waals surface area contributed by atoms with Crippen molar-refractivity contribution in [2.75, 3.05) is 23.3 Å². The number of amides is 1. The first-order valence-electron chi connectivity index (χ1n) is 6.47. The molecule has 0 aromatic carbocycles. The fourth-order valence-electron chi connectivity index (χ4n) is 1.71. The monoisotopic (exact) mass is 280 g/mol. The van der Waals surface area contributed by atoms with Crippen LogP contribution in [0.25, 0.3) is 0 Å². The van der Waals surface area contributed by atoms with Crippen molar-refractivity contribution < 1.29 is 14.7 Å². The minimum absolute atomic E-state index is 0.406. The molecule has 1 unspecified atom stereocenters. The van der Waals surface area contributed by atoms with E-state index in [1.165, 1.54) is 6.20 Å². The van der Waals surface area contributed by atoms with Crippen molar-refractivity contribution in [3.63, 3.8) is 0 Å². The zero-order valence-electron chi connectivity index (χ0n) is 11.7. The number of rotatable bonds is 7. The second-order valence-corrected chi connectivity index (χ2v) is 4.27. The van der Waals surface area contributed by atoms with Gasteiger partial charge in [0.2, 0.25) is 5.91 Å². The Morgan fingerprint density at radius 2 is 2.05 bits per heavy atom. The molecule has 0 saturated heterocycles. The average Bonchev–Trinajstić information content (AvgIpc) is 2.41. The highest BCUT2D eigenvalue weighted by Gasteiger charge is 2.17. The largest absolute Gasteiger partial charge is 0.481 e. The van der Waals surface area contributed by atoms with E-state index in [2.05, 4.69) is 15.2 Å². The van der Waals surface area contributed by atoms with Gasteiger partial charge in [-0.3, -0.25) is 9.59 Å². The molecule has 7 heteroatoms. The number of aromatic nitrogens is 1. The predicted octanol–water partition coefficient (Wildman–Crippen LogP) is 0.668. The molecule has 0 aliphatic rings. The summed E-state index contributed by atoms with van der Waals surface area (Å²) >= 11 is 0. The summed E-state index contributed by atoms with van der Waals surface area (Å²) in [5.41, 5.74) is 5.96. The molecule has 0 fully saturated rings. The lowest BCUT2D eigenvalue weighted by Crippen LogP contribution is -2.37. The Kier molecular flexibility index (Phi) is 5.92. The van der Waals surface area contributed by atoms with Gasteiger partial charge in [-0.05, 0) is 26.0 Å². The molecule has 1 amide bonds. The number of nitrogens with one attached hydrogen (secondary N) is 1. The highest BCUT2D eigenvalue weighted by molar-refractivity contribution is 5.96. The quantitative estimate of drug-likeness (QED) is 0.677. The Hall–Kier alpha value is -2.15. The van der Waals surface area contributed by atoms with Gasteiger partial charge in [0, 0.05) is 13.1 Å². The molecule has 1 aromatic rings. The standard InChI is InChI=1S/C13H20N4O3/c1-3-17(4-2)11-6-5-9(8-15-11)16-13(20)10(14)7-12(18)19/h5-6,8,10H,3-4,7,14H2,1-2H3,(H,16,20)(H,18,19). The van der Waals surface area contributed by atoms with Crippen molar-refractivity contribution >= 4 is 23.4 Å². The molecule has 1 heterocycles. The SMILES string of the molecule is CCN(CC)c1ccc(NC(=O)C(N)CC(=O)O)cn1. The first-order chi connectivity index (χ1) is 9.47. The van der Waals surface area contributed by atoms with Crippen molar-refractivity contribution in [3.8, 4) is 0 Å². The zero-order valence-corrected chi connectivity index (χ0v) is 11.7. The van der Waals surface area contributed by atoms with Gasteiger partial charge in [0.1, 0.15) is 5.82 Å². The smallest absolute Gasteiger partial charge is 0.305 e. The van der Waals surface area contributed by atoms with E-state index in [1.54, 1.807) is 12.1 Å². The lowest BCUT2D eigenvalue weighted by Gasteiger charge is -2.19. The number of carbonyl (C=O) groups excluding carboxylic acids is 1. The number of hydrogen-bond acceptors (Lipinski definition) is 5. The van der Waals surface area contributed by atoms with Gasteiger partial charge in [-0.2, -0.15) is 0 Å². The molecule has 0 saturated carbocycles. The number of carboxylic acid groups (broad SMARTS) is 1. The maximum Gasteiger partial charge on any atom is 0.305 e. The summed E-state index contributed by atoms with van der Waals surface area (Å²) in [5, 5.41) is 11.1. The molecule has 7 nitrogen and oxygen atoms in total. The molecular weight excluding hydrogens is 260 g/mol. The van der Waals surface area contributed by atoms with E-state index in [0.29, 0.717) is 5.69 Å². The van der Waals surface area contributed by atoms with Crippen LogP contribution in [0.5, 0.6) is 0 Å². The normalized spacial score (nSPS) is 11.8. The lowest BCUT2D eigenvalue weighted by atomic mass is 10.2. The van der Waals surface area contributed by atoms with Crippen LogP contribution in [-0.2, 0) is 9.59 Å². The maximum atomic E-state index is 11.6. The number of hydrogen-bond donors (Lipinski definition) is 3. The molecule has 20 heavy (non-hydrogen) atoms. The summed E-state index contributed by atoms with van der Waals surface area (Å²) in [7, 11) is 0. The average molecular weight is 280 g/mol. The van der Waals surface area contributed by atoms with Crippen LogP contribution in [0.4, 0.5) is 11.5 Å². The van der Waals surface area contributed by atoms with Crippen molar-refractivity contribution in [1.29, 1.82) is 0 Å². The van der Waals surface area contributed by atoms with Gasteiger partial charge >= 0.3 is 5.97 Å². The van der Waals surface area contributed by atoms with E-state index >= 15 is 0 Å². The molecule has 0 radical (unpaired) electrons. The second-order valence-electron chi connectivity index (χ2n) is 4.27. The minimum Gasteiger partial charge on any atom is -0.481 e. The second kappa shape index (κ2) is 7.44. The number of pyridine rings is 1. The van der Waals surface area contributed by atoms with Crippen molar-refractivity contribution in [2.24, 2.45) is 5.73 Å². The number of anilines is 2. The maximum absolute atomic E-state index is 11.6. The topological polar surface area (TPSA) is 109 Å². The summed E-state index contributed by atoms with van der Waals surface area (Å²) in [5.74, 6) is -0.824. The van der Waals surface area contributed by atoms with E-state index in [0.717, 1.165) is 18.9 Å². The summed E-state index contributed by atoms with van der Waals surface area (Å²) < 4.78 is 0.